The number of amides is 1. The number of H-pyrrole nitrogens is 1. The van der Waals surface area contributed by atoms with Crippen LogP contribution in [0.15, 0.2) is 39.6 Å². The normalized spacial score (nSPS) is 18.1. The SMILES string of the molecule is Cc1ccccc1[C@H]1CCCN(C(=O)CCc2cc(=O)[nH]o2)C1. The van der Waals surface area contributed by atoms with Gasteiger partial charge in [0.25, 0.3) is 5.56 Å². The van der Waals surface area contributed by atoms with Gasteiger partial charge in [0.2, 0.25) is 5.91 Å². The summed E-state index contributed by atoms with van der Waals surface area (Å²) in [5.41, 5.74) is 2.38. The molecule has 2 heterocycles. The highest BCUT2D eigenvalue weighted by Gasteiger charge is 2.25. The molecule has 0 unspecified atom stereocenters. The van der Waals surface area contributed by atoms with Gasteiger partial charge in [-0.3, -0.25) is 9.59 Å². The van der Waals surface area contributed by atoms with Crippen LogP contribution in [-0.2, 0) is 11.2 Å². The van der Waals surface area contributed by atoms with Crippen LogP contribution in [0.2, 0.25) is 0 Å². The molecule has 23 heavy (non-hydrogen) atoms. The number of carbonyl (C=O) groups is 1. The largest absolute Gasteiger partial charge is 0.384 e. The minimum Gasteiger partial charge on any atom is -0.384 e. The van der Waals surface area contributed by atoms with Crippen LogP contribution in [0, 0.1) is 6.92 Å². The molecular weight excluding hydrogens is 292 g/mol. The van der Waals surface area contributed by atoms with Gasteiger partial charge in [0.05, 0.1) is 0 Å². The summed E-state index contributed by atoms with van der Waals surface area (Å²) < 4.78 is 5.00. The van der Waals surface area contributed by atoms with Crippen molar-refractivity contribution < 1.29 is 9.32 Å². The van der Waals surface area contributed by atoms with E-state index < -0.39 is 0 Å². The number of piperidine rings is 1. The fourth-order valence-electron chi connectivity index (χ4n) is 3.33. The summed E-state index contributed by atoms with van der Waals surface area (Å²) in [6.07, 6.45) is 3.00. The third-order valence-corrected chi connectivity index (χ3v) is 4.56. The molecule has 122 valence electrons. The van der Waals surface area contributed by atoms with E-state index in [0.717, 1.165) is 25.9 Å². The lowest BCUT2D eigenvalue weighted by Gasteiger charge is -2.33. The molecule has 3 rings (SSSR count). The average Bonchev–Trinajstić information content (AvgIpc) is 2.98. The second-order valence-corrected chi connectivity index (χ2v) is 6.21. The number of benzene rings is 1. The van der Waals surface area contributed by atoms with Crippen LogP contribution in [0.1, 0.15) is 42.1 Å². The molecule has 5 heteroatoms. The second kappa shape index (κ2) is 6.86. The van der Waals surface area contributed by atoms with Gasteiger partial charge in [-0.25, -0.2) is 0 Å². The van der Waals surface area contributed by atoms with E-state index in [2.05, 4.69) is 36.3 Å². The predicted molar refractivity (Wildman–Crippen MR) is 87.4 cm³/mol. The number of carbonyl (C=O) groups excluding carboxylic acids is 1. The highest BCUT2D eigenvalue weighted by molar-refractivity contribution is 5.76. The van der Waals surface area contributed by atoms with Crippen molar-refractivity contribution >= 4 is 5.91 Å². The average molecular weight is 314 g/mol. The number of aromatic amines is 1. The van der Waals surface area contributed by atoms with Crippen LogP contribution < -0.4 is 5.56 Å². The molecule has 0 saturated carbocycles. The molecule has 5 nitrogen and oxygen atoms in total. The van der Waals surface area contributed by atoms with E-state index in [1.807, 2.05) is 4.90 Å². The van der Waals surface area contributed by atoms with Gasteiger partial charge in [-0.15, -0.1) is 0 Å². The topological polar surface area (TPSA) is 66.3 Å². The van der Waals surface area contributed by atoms with Crippen LogP contribution >= 0.6 is 0 Å². The summed E-state index contributed by atoms with van der Waals surface area (Å²) in [6, 6.07) is 9.82. The minimum absolute atomic E-state index is 0.132. The molecule has 1 N–H and O–H groups in total. The zero-order chi connectivity index (χ0) is 16.2. The Balaban J connectivity index is 1.60. The molecule has 1 saturated heterocycles. The van der Waals surface area contributed by atoms with E-state index in [1.165, 1.54) is 17.2 Å². The lowest BCUT2D eigenvalue weighted by Crippen LogP contribution is -2.39. The summed E-state index contributed by atoms with van der Waals surface area (Å²) in [5.74, 6) is 1.09. The van der Waals surface area contributed by atoms with Crippen molar-refractivity contribution in [2.45, 2.75) is 38.5 Å². The lowest BCUT2D eigenvalue weighted by molar-refractivity contribution is -0.132. The third kappa shape index (κ3) is 3.73. The van der Waals surface area contributed by atoms with Gasteiger partial charge in [-0.2, -0.15) is 5.16 Å². The molecular formula is C18H22N2O3. The van der Waals surface area contributed by atoms with E-state index in [4.69, 9.17) is 4.52 Å². The Morgan fingerprint density at radius 1 is 1.39 bits per heavy atom. The highest BCUT2D eigenvalue weighted by atomic mass is 16.5. The zero-order valence-corrected chi connectivity index (χ0v) is 13.4. The number of aromatic nitrogens is 1. The molecule has 1 aliphatic rings. The quantitative estimate of drug-likeness (QED) is 0.943. The molecule has 1 aromatic carbocycles. The summed E-state index contributed by atoms with van der Waals surface area (Å²) >= 11 is 0. The van der Waals surface area contributed by atoms with Crippen molar-refractivity contribution in [3.63, 3.8) is 0 Å². The fourth-order valence-corrected chi connectivity index (χ4v) is 3.33. The van der Waals surface area contributed by atoms with Crippen LogP contribution in [0.5, 0.6) is 0 Å². The smallest absolute Gasteiger partial charge is 0.280 e. The molecule has 0 bridgehead atoms. The molecule has 1 atom stereocenters. The molecule has 1 aliphatic heterocycles. The van der Waals surface area contributed by atoms with Crippen LogP contribution in [0.4, 0.5) is 0 Å². The lowest BCUT2D eigenvalue weighted by atomic mass is 9.88. The Hall–Kier alpha value is -2.30. The van der Waals surface area contributed by atoms with Crippen LogP contribution in [0.3, 0.4) is 0 Å². The Bertz CT molecular complexity index is 732. The first-order chi connectivity index (χ1) is 11.1. The maximum absolute atomic E-state index is 12.4. The van der Waals surface area contributed by atoms with Gasteiger partial charge < -0.3 is 9.42 Å². The highest BCUT2D eigenvalue weighted by Crippen LogP contribution is 2.29. The first kappa shape index (κ1) is 15.6. The van der Waals surface area contributed by atoms with Crippen molar-refractivity contribution in [3.8, 4) is 0 Å². The number of nitrogens with one attached hydrogen (secondary N) is 1. The van der Waals surface area contributed by atoms with Gasteiger partial charge in [-0.1, -0.05) is 24.3 Å². The van der Waals surface area contributed by atoms with Gasteiger partial charge >= 0.3 is 0 Å². The number of nitrogens with zero attached hydrogens (tertiary/aromatic N) is 1. The van der Waals surface area contributed by atoms with Gasteiger partial charge in [0.15, 0.2) is 0 Å². The van der Waals surface area contributed by atoms with Crippen molar-refractivity contribution in [2.24, 2.45) is 0 Å². The molecule has 1 aromatic heterocycles. The van der Waals surface area contributed by atoms with Crippen molar-refractivity contribution in [2.75, 3.05) is 13.1 Å². The van der Waals surface area contributed by atoms with E-state index in [9.17, 15) is 9.59 Å². The van der Waals surface area contributed by atoms with Crippen molar-refractivity contribution in [3.05, 3.63) is 57.6 Å². The molecule has 2 aromatic rings. The number of rotatable bonds is 4. The van der Waals surface area contributed by atoms with Crippen LogP contribution in [-0.4, -0.2) is 29.1 Å². The standard InChI is InChI=1S/C18H22N2O3/c1-13-5-2-3-7-16(13)14-6-4-10-20(12-14)18(22)9-8-15-11-17(21)19-23-15/h2-3,5,7,11,14H,4,6,8-10,12H2,1H3,(H,19,21)/t14-/m0/s1. The molecule has 0 radical (unpaired) electrons. The third-order valence-electron chi connectivity index (χ3n) is 4.56. The minimum atomic E-state index is -0.259. The Morgan fingerprint density at radius 2 is 2.22 bits per heavy atom. The van der Waals surface area contributed by atoms with Crippen molar-refractivity contribution in [1.82, 2.24) is 10.1 Å². The number of likely N-dealkylation sites (tertiary alicyclic amines) is 1. The first-order valence-electron chi connectivity index (χ1n) is 8.14. The Labute approximate surface area is 135 Å². The second-order valence-electron chi connectivity index (χ2n) is 6.21. The summed E-state index contributed by atoms with van der Waals surface area (Å²) in [5, 5.41) is 2.25. The zero-order valence-electron chi connectivity index (χ0n) is 13.4. The van der Waals surface area contributed by atoms with E-state index in [0.29, 0.717) is 24.5 Å². The van der Waals surface area contributed by atoms with Gasteiger partial charge in [0.1, 0.15) is 5.76 Å². The Kier molecular flexibility index (Phi) is 4.65. The van der Waals surface area contributed by atoms with Gasteiger partial charge in [0, 0.05) is 37.9 Å². The maximum Gasteiger partial charge on any atom is 0.280 e. The summed E-state index contributed by atoms with van der Waals surface area (Å²) in [7, 11) is 0. The summed E-state index contributed by atoms with van der Waals surface area (Å²) in [4.78, 5) is 25.4. The van der Waals surface area contributed by atoms with Gasteiger partial charge in [-0.05, 0) is 30.9 Å². The van der Waals surface area contributed by atoms with Crippen molar-refractivity contribution in [1.29, 1.82) is 0 Å². The summed E-state index contributed by atoms with van der Waals surface area (Å²) in [6.45, 7) is 3.73. The first-order valence-corrected chi connectivity index (χ1v) is 8.14. The van der Waals surface area contributed by atoms with E-state index >= 15 is 0 Å². The fraction of sp³-hybridized carbons (Fsp3) is 0.444. The van der Waals surface area contributed by atoms with Crippen LogP contribution in [0.25, 0.3) is 0 Å². The molecule has 1 amide bonds. The number of hydrogen-bond acceptors (Lipinski definition) is 3. The Morgan fingerprint density at radius 3 is 2.96 bits per heavy atom. The number of hydrogen-bond donors (Lipinski definition) is 1. The maximum atomic E-state index is 12.4. The monoisotopic (exact) mass is 314 g/mol. The molecule has 0 aliphatic carbocycles. The molecule has 1 fully saturated rings. The number of aryl methyl sites for hydroxylation is 2. The van der Waals surface area contributed by atoms with E-state index in [-0.39, 0.29) is 11.5 Å². The molecule has 0 spiro atoms. The van der Waals surface area contributed by atoms with E-state index in [1.54, 1.807) is 0 Å². The predicted octanol–water partition coefficient (Wildman–Crippen LogP) is 2.62.